The molecule has 0 unspecified atom stereocenters. The van der Waals surface area contributed by atoms with Crippen molar-refractivity contribution in [3.63, 3.8) is 0 Å². The van der Waals surface area contributed by atoms with Crippen molar-refractivity contribution in [3.8, 4) is 17.6 Å². The molecule has 0 fully saturated rings. The Bertz CT molecular complexity index is 755. The number of aryl methyl sites for hydroxylation is 3. The van der Waals surface area contributed by atoms with Gasteiger partial charge >= 0.3 is 0 Å². The molecule has 2 rings (SSSR count). The van der Waals surface area contributed by atoms with Crippen LogP contribution in [0, 0.1) is 32.1 Å². The number of nitrogens with one attached hydrogen (secondary N) is 1. The molecule has 0 aromatic heterocycles. The molecule has 2 aromatic rings. The Labute approximate surface area is 156 Å². The van der Waals surface area contributed by atoms with Gasteiger partial charge in [0.15, 0.2) is 11.5 Å². The standard InChI is InChI=1S/C22H28N2O2/c1-16-11-17(2)20(18(3)12-16)15-24-14-19-7-8-21(25-4)22(13-19)26-10-6-5-9-23/h7-8,11-13,24H,5-6,10,14-15H2,1-4H3. The van der Waals surface area contributed by atoms with Crippen LogP contribution in [0.1, 0.15) is 40.7 Å². The first-order chi connectivity index (χ1) is 12.5. The quantitative estimate of drug-likeness (QED) is 0.671. The van der Waals surface area contributed by atoms with Crippen molar-refractivity contribution in [2.24, 2.45) is 0 Å². The highest BCUT2D eigenvalue weighted by Crippen LogP contribution is 2.28. The van der Waals surface area contributed by atoms with Gasteiger partial charge in [0, 0.05) is 19.5 Å². The van der Waals surface area contributed by atoms with E-state index >= 15 is 0 Å². The lowest BCUT2D eigenvalue weighted by Crippen LogP contribution is -2.15. The molecule has 0 bridgehead atoms. The van der Waals surface area contributed by atoms with Gasteiger partial charge in [-0.1, -0.05) is 23.8 Å². The summed E-state index contributed by atoms with van der Waals surface area (Å²) in [6.07, 6.45) is 1.22. The third-order valence-corrected chi connectivity index (χ3v) is 4.39. The number of ether oxygens (including phenoxy) is 2. The summed E-state index contributed by atoms with van der Waals surface area (Å²) < 4.78 is 11.1. The molecule has 0 radical (unpaired) electrons. The van der Waals surface area contributed by atoms with Crippen molar-refractivity contribution in [3.05, 3.63) is 58.1 Å². The Balaban J connectivity index is 1.98. The molecule has 0 aliphatic rings. The van der Waals surface area contributed by atoms with Crippen molar-refractivity contribution in [1.29, 1.82) is 5.26 Å². The fourth-order valence-electron chi connectivity index (χ4n) is 3.10. The molecule has 0 amide bonds. The highest BCUT2D eigenvalue weighted by atomic mass is 16.5. The number of benzene rings is 2. The normalized spacial score (nSPS) is 10.4. The molecule has 26 heavy (non-hydrogen) atoms. The number of methoxy groups -OCH3 is 1. The Morgan fingerprint density at radius 3 is 2.38 bits per heavy atom. The Kier molecular flexibility index (Phi) is 7.50. The zero-order chi connectivity index (χ0) is 18.9. The fourth-order valence-corrected chi connectivity index (χ4v) is 3.10. The first kappa shape index (κ1) is 19.8. The predicted octanol–water partition coefficient (Wildman–Crippen LogP) is 4.59. The van der Waals surface area contributed by atoms with Crippen LogP contribution in [-0.4, -0.2) is 13.7 Å². The van der Waals surface area contributed by atoms with Gasteiger partial charge in [0.2, 0.25) is 0 Å². The number of nitrogens with zero attached hydrogens (tertiary/aromatic N) is 1. The highest BCUT2D eigenvalue weighted by molar-refractivity contribution is 5.43. The fraction of sp³-hybridized carbons (Fsp3) is 0.409. The van der Waals surface area contributed by atoms with Crippen molar-refractivity contribution in [2.45, 2.75) is 46.7 Å². The second-order valence-corrected chi connectivity index (χ2v) is 6.58. The van der Waals surface area contributed by atoms with E-state index in [2.05, 4.69) is 44.3 Å². The molecular formula is C22H28N2O2. The summed E-state index contributed by atoms with van der Waals surface area (Å²) in [6.45, 7) is 8.57. The lowest BCUT2D eigenvalue weighted by atomic mass is 10.00. The van der Waals surface area contributed by atoms with E-state index in [1.807, 2.05) is 18.2 Å². The van der Waals surface area contributed by atoms with Gasteiger partial charge < -0.3 is 14.8 Å². The zero-order valence-electron chi connectivity index (χ0n) is 16.2. The lowest BCUT2D eigenvalue weighted by molar-refractivity contribution is 0.290. The molecule has 0 atom stereocenters. The molecule has 0 heterocycles. The van der Waals surface area contributed by atoms with Crippen LogP contribution in [-0.2, 0) is 13.1 Å². The molecule has 0 spiro atoms. The first-order valence-electron chi connectivity index (χ1n) is 8.99. The molecular weight excluding hydrogens is 324 g/mol. The Morgan fingerprint density at radius 2 is 1.73 bits per heavy atom. The predicted molar refractivity (Wildman–Crippen MR) is 105 cm³/mol. The van der Waals surface area contributed by atoms with Gasteiger partial charge in [-0.05, 0) is 61.6 Å². The second-order valence-electron chi connectivity index (χ2n) is 6.58. The summed E-state index contributed by atoms with van der Waals surface area (Å²) in [5, 5.41) is 12.1. The maximum atomic E-state index is 8.61. The minimum absolute atomic E-state index is 0.499. The van der Waals surface area contributed by atoms with Crippen LogP contribution in [0.25, 0.3) is 0 Å². The van der Waals surface area contributed by atoms with E-state index in [9.17, 15) is 0 Å². The molecule has 1 N–H and O–H groups in total. The number of hydrogen-bond acceptors (Lipinski definition) is 4. The van der Waals surface area contributed by atoms with Gasteiger partial charge in [0.05, 0.1) is 19.8 Å². The first-order valence-corrected chi connectivity index (χ1v) is 8.99. The summed E-state index contributed by atoms with van der Waals surface area (Å²) in [5.74, 6) is 1.45. The highest BCUT2D eigenvalue weighted by Gasteiger charge is 2.07. The minimum Gasteiger partial charge on any atom is -0.493 e. The van der Waals surface area contributed by atoms with Crippen LogP contribution in [0.2, 0.25) is 0 Å². The van der Waals surface area contributed by atoms with E-state index in [-0.39, 0.29) is 0 Å². The van der Waals surface area contributed by atoms with E-state index in [1.54, 1.807) is 7.11 Å². The van der Waals surface area contributed by atoms with Crippen LogP contribution in [0.3, 0.4) is 0 Å². The average molecular weight is 352 g/mol. The topological polar surface area (TPSA) is 54.3 Å². The molecule has 0 saturated carbocycles. The third-order valence-electron chi connectivity index (χ3n) is 4.39. The van der Waals surface area contributed by atoms with Gasteiger partial charge in [-0.3, -0.25) is 0 Å². The maximum absolute atomic E-state index is 8.61. The van der Waals surface area contributed by atoms with E-state index in [1.165, 1.54) is 22.3 Å². The molecule has 4 nitrogen and oxygen atoms in total. The van der Waals surface area contributed by atoms with Gasteiger partial charge in [-0.25, -0.2) is 0 Å². The summed E-state index contributed by atoms with van der Waals surface area (Å²) in [4.78, 5) is 0. The van der Waals surface area contributed by atoms with Crippen molar-refractivity contribution < 1.29 is 9.47 Å². The number of hydrogen-bond donors (Lipinski definition) is 1. The van der Waals surface area contributed by atoms with Crippen LogP contribution in [0.5, 0.6) is 11.5 Å². The molecule has 0 aliphatic heterocycles. The van der Waals surface area contributed by atoms with Crippen LogP contribution < -0.4 is 14.8 Å². The Morgan fingerprint density at radius 1 is 1.00 bits per heavy atom. The molecule has 4 heteroatoms. The summed E-state index contributed by atoms with van der Waals surface area (Å²) in [7, 11) is 1.64. The summed E-state index contributed by atoms with van der Waals surface area (Å²) in [6, 6.07) is 12.6. The van der Waals surface area contributed by atoms with Crippen LogP contribution in [0.4, 0.5) is 0 Å². The van der Waals surface area contributed by atoms with Gasteiger partial charge in [0.25, 0.3) is 0 Å². The lowest BCUT2D eigenvalue weighted by Gasteiger charge is -2.14. The molecule has 138 valence electrons. The monoisotopic (exact) mass is 352 g/mol. The van der Waals surface area contributed by atoms with E-state index in [4.69, 9.17) is 14.7 Å². The third kappa shape index (κ3) is 5.50. The van der Waals surface area contributed by atoms with Gasteiger partial charge in [0.1, 0.15) is 0 Å². The largest absolute Gasteiger partial charge is 0.493 e. The molecule has 2 aromatic carbocycles. The minimum atomic E-state index is 0.499. The molecule has 0 saturated heterocycles. The van der Waals surface area contributed by atoms with Gasteiger partial charge in [-0.2, -0.15) is 5.26 Å². The maximum Gasteiger partial charge on any atom is 0.161 e. The smallest absolute Gasteiger partial charge is 0.161 e. The van der Waals surface area contributed by atoms with Crippen molar-refractivity contribution in [2.75, 3.05) is 13.7 Å². The van der Waals surface area contributed by atoms with E-state index in [0.29, 0.717) is 19.4 Å². The summed E-state index contributed by atoms with van der Waals surface area (Å²) in [5.41, 5.74) is 6.45. The average Bonchev–Trinajstić information content (AvgIpc) is 2.61. The van der Waals surface area contributed by atoms with E-state index in [0.717, 1.165) is 30.2 Å². The SMILES string of the molecule is COc1ccc(CNCc2c(C)cc(C)cc2C)cc1OCCCC#N. The Hall–Kier alpha value is -2.51. The number of rotatable bonds is 9. The number of nitriles is 1. The molecule has 0 aliphatic carbocycles. The van der Waals surface area contributed by atoms with Crippen LogP contribution in [0.15, 0.2) is 30.3 Å². The van der Waals surface area contributed by atoms with Crippen LogP contribution >= 0.6 is 0 Å². The van der Waals surface area contributed by atoms with E-state index < -0.39 is 0 Å². The van der Waals surface area contributed by atoms with Gasteiger partial charge in [-0.15, -0.1) is 0 Å². The van der Waals surface area contributed by atoms with Crippen molar-refractivity contribution >= 4 is 0 Å². The summed E-state index contributed by atoms with van der Waals surface area (Å²) >= 11 is 0. The zero-order valence-corrected chi connectivity index (χ0v) is 16.2. The number of unbranched alkanes of at least 4 members (excludes halogenated alkanes) is 1. The second kappa shape index (κ2) is 9.84. The van der Waals surface area contributed by atoms with Crippen molar-refractivity contribution in [1.82, 2.24) is 5.32 Å².